The first-order valence-electron chi connectivity index (χ1n) is 19.4. The number of carbonyl (C=O) groups is 1. The summed E-state index contributed by atoms with van der Waals surface area (Å²) in [4.78, 5) is 14.9. The molecule has 0 spiro atoms. The SMILES string of the molecule is [2H]c1c([2H])c([2H])c([C@@]([2H])(NC(=O)C2CCC(F)(F)CC2)C([2H])([2H])C([2H])([2H])N2C3CCC2CC(n2c(C(C)C)nnc2C([2H])([2H])[2H])C3)c([2H])c1[2H]. The number of halogens is 2. The Labute approximate surface area is 237 Å². The number of aryl methyl sites for hydroxylation is 1. The van der Waals surface area contributed by atoms with Gasteiger partial charge in [0.2, 0.25) is 11.8 Å². The minimum absolute atomic E-state index is 0.162. The van der Waals surface area contributed by atoms with E-state index in [0.29, 0.717) is 18.7 Å². The predicted molar refractivity (Wildman–Crippen MR) is 139 cm³/mol. The van der Waals surface area contributed by atoms with E-state index in [0.717, 1.165) is 0 Å². The topological polar surface area (TPSA) is 63.1 Å². The van der Waals surface area contributed by atoms with Gasteiger partial charge in [-0.15, -0.1) is 10.2 Å². The van der Waals surface area contributed by atoms with Gasteiger partial charge in [0.25, 0.3) is 0 Å². The number of hydrogen-bond donors (Lipinski definition) is 1. The van der Waals surface area contributed by atoms with Gasteiger partial charge in [-0.05, 0) is 57.3 Å². The van der Waals surface area contributed by atoms with Gasteiger partial charge in [-0.3, -0.25) is 9.69 Å². The number of carbonyl (C=O) groups excluding carboxylic acids is 1. The summed E-state index contributed by atoms with van der Waals surface area (Å²) >= 11 is 0. The summed E-state index contributed by atoms with van der Waals surface area (Å²) in [6.45, 7) is -2.06. The summed E-state index contributed by atoms with van der Waals surface area (Å²) in [6, 6.07) is -9.97. The van der Waals surface area contributed by atoms with Crippen molar-refractivity contribution in [2.45, 2.75) is 114 Å². The van der Waals surface area contributed by atoms with Gasteiger partial charge in [0, 0.05) is 58.9 Å². The number of hydrogen-bond acceptors (Lipinski definition) is 4. The Hall–Kier alpha value is -2.35. The van der Waals surface area contributed by atoms with Crippen LogP contribution >= 0.6 is 0 Å². The Kier molecular flexibility index (Phi) is 4.29. The van der Waals surface area contributed by atoms with Gasteiger partial charge in [-0.2, -0.15) is 0 Å². The first-order valence-corrected chi connectivity index (χ1v) is 12.9. The van der Waals surface area contributed by atoms with Crippen molar-refractivity contribution in [3.05, 3.63) is 47.4 Å². The summed E-state index contributed by atoms with van der Waals surface area (Å²) in [5, 5.41) is 10.2. The zero-order valence-electron chi connectivity index (χ0n) is 34.0. The molecule has 37 heavy (non-hydrogen) atoms. The maximum Gasteiger partial charge on any atom is 0.248 e. The first kappa shape index (κ1) is 14.7. The third-order valence-electron chi connectivity index (χ3n) is 7.71. The van der Waals surface area contributed by atoms with Crippen molar-refractivity contribution in [3.8, 4) is 0 Å². The number of piperidine rings is 1. The Morgan fingerprint density at radius 1 is 1.16 bits per heavy atom. The molecular formula is C29H41F2N5O. The number of rotatable bonds is 8. The Morgan fingerprint density at radius 3 is 2.46 bits per heavy atom. The van der Waals surface area contributed by atoms with E-state index in [4.69, 9.17) is 11.0 Å². The molecule has 1 aromatic heterocycles. The van der Waals surface area contributed by atoms with E-state index < -0.39 is 110 Å². The lowest BCUT2D eigenvalue weighted by Crippen LogP contribution is -2.45. The highest BCUT2D eigenvalue weighted by Gasteiger charge is 2.42. The highest BCUT2D eigenvalue weighted by atomic mass is 19.3. The fourth-order valence-corrected chi connectivity index (χ4v) is 5.78. The summed E-state index contributed by atoms with van der Waals surface area (Å²) in [5.74, 6) is -5.20. The number of amides is 1. The normalized spacial score (nSPS) is 34.0. The third kappa shape index (κ3) is 5.74. The van der Waals surface area contributed by atoms with Crippen molar-refractivity contribution in [1.82, 2.24) is 25.0 Å². The quantitative estimate of drug-likeness (QED) is 0.462. The summed E-state index contributed by atoms with van der Waals surface area (Å²) in [6.07, 6.45) is -4.38. The molecule has 8 heteroatoms. The Morgan fingerprint density at radius 2 is 1.84 bits per heavy atom. The molecule has 2 aromatic rings. The van der Waals surface area contributed by atoms with Gasteiger partial charge in [0.1, 0.15) is 11.6 Å². The molecule has 1 aromatic carbocycles. The van der Waals surface area contributed by atoms with E-state index >= 15 is 0 Å². The Balaban J connectivity index is 1.57. The molecule has 0 radical (unpaired) electrons. The molecule has 6 nitrogen and oxygen atoms in total. The van der Waals surface area contributed by atoms with E-state index in [1.807, 2.05) is 13.8 Å². The highest BCUT2D eigenvalue weighted by molar-refractivity contribution is 5.79. The van der Waals surface area contributed by atoms with Gasteiger partial charge in [0.15, 0.2) is 0 Å². The fourth-order valence-electron chi connectivity index (χ4n) is 5.78. The summed E-state index contributed by atoms with van der Waals surface area (Å²) < 4.78 is 142. The maximum absolute atomic E-state index is 13.9. The number of aromatic nitrogens is 3. The zero-order chi connectivity index (χ0) is 37.5. The van der Waals surface area contributed by atoms with Crippen LogP contribution in [-0.2, 0) is 4.79 Å². The molecule has 202 valence electrons. The molecule has 3 atom stereocenters. The van der Waals surface area contributed by atoms with Crippen LogP contribution in [0.5, 0.6) is 0 Å². The average molecular weight is 527 g/mol. The van der Waals surface area contributed by atoms with E-state index in [-0.39, 0.29) is 37.4 Å². The second kappa shape index (κ2) is 10.8. The van der Waals surface area contributed by atoms with Gasteiger partial charge in [0.05, 0.1) is 14.2 Å². The molecule has 1 saturated carbocycles. The average Bonchev–Trinajstić information content (AvgIpc) is 3.59. The molecular weight excluding hydrogens is 472 g/mol. The van der Waals surface area contributed by atoms with Crippen LogP contribution in [-0.4, -0.2) is 50.1 Å². The van der Waals surface area contributed by atoms with Crippen LogP contribution in [0.4, 0.5) is 8.78 Å². The van der Waals surface area contributed by atoms with Crippen molar-refractivity contribution in [2.24, 2.45) is 5.92 Å². The molecule has 2 saturated heterocycles. The van der Waals surface area contributed by atoms with Crippen molar-refractivity contribution in [1.29, 1.82) is 0 Å². The van der Waals surface area contributed by atoms with Crippen molar-refractivity contribution in [2.75, 3.05) is 6.50 Å². The summed E-state index contributed by atoms with van der Waals surface area (Å²) in [5.41, 5.74) is -0.998. The number of nitrogens with zero attached hydrogens (tertiary/aromatic N) is 4. The molecule has 1 aliphatic carbocycles. The van der Waals surface area contributed by atoms with E-state index in [9.17, 15) is 20.4 Å². The molecule has 3 heterocycles. The lowest BCUT2D eigenvalue weighted by Gasteiger charge is -2.40. The molecule has 3 aliphatic rings. The van der Waals surface area contributed by atoms with Gasteiger partial charge in [-0.25, -0.2) is 8.78 Å². The first-order chi connectivity index (χ1) is 22.9. The number of nitrogens with one attached hydrogen (secondary N) is 1. The number of benzene rings is 1. The van der Waals surface area contributed by atoms with E-state index in [1.165, 1.54) is 4.90 Å². The summed E-state index contributed by atoms with van der Waals surface area (Å²) in [7, 11) is 0. The predicted octanol–water partition coefficient (Wildman–Crippen LogP) is 5.95. The van der Waals surface area contributed by atoms with Crippen molar-refractivity contribution < 1.29 is 31.4 Å². The molecule has 2 bridgehead atoms. The minimum Gasteiger partial charge on any atom is -0.349 e. The fraction of sp³-hybridized carbons (Fsp3) is 0.690. The second-order valence-corrected chi connectivity index (χ2v) is 10.6. The largest absolute Gasteiger partial charge is 0.349 e. The van der Waals surface area contributed by atoms with Crippen molar-refractivity contribution >= 4 is 5.91 Å². The van der Waals surface area contributed by atoms with Gasteiger partial charge < -0.3 is 9.88 Å². The third-order valence-corrected chi connectivity index (χ3v) is 7.71. The van der Waals surface area contributed by atoms with Crippen LogP contribution in [0.3, 0.4) is 0 Å². The minimum atomic E-state index is -3.53. The smallest absolute Gasteiger partial charge is 0.248 e. The lowest BCUT2D eigenvalue weighted by atomic mass is 9.86. The second-order valence-electron chi connectivity index (χ2n) is 10.6. The number of fused-ring (bicyclic) bond motifs is 2. The zero-order valence-corrected chi connectivity index (χ0v) is 21.0. The molecule has 1 N–H and O–H groups in total. The van der Waals surface area contributed by atoms with Gasteiger partial charge >= 0.3 is 0 Å². The number of alkyl halides is 2. The van der Waals surface area contributed by atoms with Crippen LogP contribution in [0.1, 0.15) is 125 Å². The molecule has 3 fully saturated rings. The molecule has 2 aliphatic heterocycles. The maximum atomic E-state index is 13.9. The molecule has 1 amide bonds. The monoisotopic (exact) mass is 526 g/mol. The van der Waals surface area contributed by atoms with Gasteiger partial charge in [-0.1, -0.05) is 44.1 Å². The van der Waals surface area contributed by atoms with Crippen LogP contribution in [0.2, 0.25) is 0 Å². The van der Waals surface area contributed by atoms with E-state index in [2.05, 4.69) is 15.5 Å². The van der Waals surface area contributed by atoms with Crippen molar-refractivity contribution in [3.63, 3.8) is 0 Å². The molecule has 2 unspecified atom stereocenters. The molecule has 5 rings (SSSR count). The van der Waals surface area contributed by atoms with Crippen LogP contribution in [0.15, 0.2) is 30.2 Å². The van der Waals surface area contributed by atoms with Crippen LogP contribution < -0.4 is 5.32 Å². The standard InChI is InChI=1S/C29H41F2N5O/c1-19(2)27-34-33-20(3)36(27)25-17-23-9-10-24(18-25)35(23)16-13-26(21-7-5-4-6-8-21)32-28(37)22-11-14-29(30,31)15-12-22/h4-8,19,22-26H,9-18H2,1-3H3,(H,32,37)/t23?,24?,25?,26-/m0/s1/i3D3,4D,5D,6D,7D,8D,13D2,16D2,26D. The Bertz CT molecular complexity index is 1600. The van der Waals surface area contributed by atoms with Crippen LogP contribution in [0, 0.1) is 12.8 Å². The van der Waals surface area contributed by atoms with E-state index in [1.54, 1.807) is 4.57 Å². The van der Waals surface area contributed by atoms with Crippen LogP contribution in [0.25, 0.3) is 0 Å². The highest BCUT2D eigenvalue weighted by Crippen LogP contribution is 2.42. The lowest BCUT2D eigenvalue weighted by molar-refractivity contribution is -0.130.